The van der Waals surface area contributed by atoms with E-state index in [1.807, 2.05) is 55.7 Å². The molecule has 0 saturated carbocycles. The number of hydrogen-bond donors (Lipinski definition) is 1. The molecule has 0 fully saturated rings. The first kappa shape index (κ1) is 14.3. The van der Waals surface area contributed by atoms with Crippen LogP contribution in [0.25, 0.3) is 0 Å². The Morgan fingerprint density at radius 3 is 2.30 bits per heavy atom. The Labute approximate surface area is 119 Å². The summed E-state index contributed by atoms with van der Waals surface area (Å²) in [4.78, 5) is 10.8. The van der Waals surface area contributed by atoms with E-state index >= 15 is 0 Å². The molecule has 0 radical (unpaired) electrons. The SMILES string of the molecule is CNCc1cnc(N(C)Cc2ccc(OC)cc2)nc1. The lowest BCUT2D eigenvalue weighted by Crippen LogP contribution is -2.19. The van der Waals surface area contributed by atoms with Crippen LogP contribution < -0.4 is 15.0 Å². The lowest BCUT2D eigenvalue weighted by Gasteiger charge is -2.17. The summed E-state index contributed by atoms with van der Waals surface area (Å²) in [6.07, 6.45) is 3.70. The Kier molecular flexibility index (Phi) is 4.90. The molecule has 0 spiro atoms. The third-order valence-corrected chi connectivity index (χ3v) is 2.99. The third-order valence-electron chi connectivity index (χ3n) is 2.99. The second-order valence-electron chi connectivity index (χ2n) is 4.63. The van der Waals surface area contributed by atoms with E-state index in [0.29, 0.717) is 0 Å². The minimum absolute atomic E-state index is 0.723. The van der Waals surface area contributed by atoms with Gasteiger partial charge in [-0.2, -0.15) is 0 Å². The maximum absolute atomic E-state index is 5.15. The second kappa shape index (κ2) is 6.86. The molecular formula is C15H20N4O. The highest BCUT2D eigenvalue weighted by Gasteiger charge is 2.05. The number of methoxy groups -OCH3 is 1. The van der Waals surface area contributed by atoms with Gasteiger partial charge >= 0.3 is 0 Å². The fraction of sp³-hybridized carbons (Fsp3) is 0.333. The summed E-state index contributed by atoms with van der Waals surface area (Å²) in [5.41, 5.74) is 2.27. The smallest absolute Gasteiger partial charge is 0.225 e. The van der Waals surface area contributed by atoms with E-state index in [1.54, 1.807) is 7.11 Å². The van der Waals surface area contributed by atoms with Crippen LogP contribution in [0.4, 0.5) is 5.95 Å². The van der Waals surface area contributed by atoms with Crippen LogP contribution in [0.5, 0.6) is 5.75 Å². The molecule has 5 heteroatoms. The van der Waals surface area contributed by atoms with Crippen LogP contribution in [0, 0.1) is 0 Å². The molecule has 1 aromatic heterocycles. The van der Waals surface area contributed by atoms with Gasteiger partial charge in [-0.15, -0.1) is 0 Å². The van der Waals surface area contributed by atoms with Crippen LogP contribution in [0.3, 0.4) is 0 Å². The second-order valence-corrected chi connectivity index (χ2v) is 4.63. The average molecular weight is 272 g/mol. The molecule has 0 bridgehead atoms. The van der Waals surface area contributed by atoms with Gasteiger partial charge in [0.1, 0.15) is 5.75 Å². The van der Waals surface area contributed by atoms with Crippen molar-refractivity contribution >= 4 is 5.95 Å². The molecule has 1 N–H and O–H groups in total. The Balaban J connectivity index is 2.01. The maximum atomic E-state index is 5.15. The fourth-order valence-electron chi connectivity index (χ4n) is 1.92. The lowest BCUT2D eigenvalue weighted by atomic mass is 10.2. The zero-order valence-corrected chi connectivity index (χ0v) is 12.1. The molecular weight excluding hydrogens is 252 g/mol. The van der Waals surface area contributed by atoms with Crippen molar-refractivity contribution in [1.82, 2.24) is 15.3 Å². The monoisotopic (exact) mass is 272 g/mol. The number of nitrogens with one attached hydrogen (secondary N) is 1. The minimum atomic E-state index is 0.723. The summed E-state index contributed by atoms with van der Waals surface area (Å²) < 4.78 is 5.15. The summed E-state index contributed by atoms with van der Waals surface area (Å²) in [5, 5.41) is 3.08. The van der Waals surface area contributed by atoms with E-state index in [0.717, 1.165) is 30.4 Å². The van der Waals surface area contributed by atoms with Crippen LogP contribution in [0.2, 0.25) is 0 Å². The van der Waals surface area contributed by atoms with Crippen molar-refractivity contribution in [2.75, 3.05) is 26.1 Å². The first-order valence-corrected chi connectivity index (χ1v) is 6.52. The van der Waals surface area contributed by atoms with Crippen molar-refractivity contribution < 1.29 is 4.74 Å². The summed E-state index contributed by atoms with van der Waals surface area (Å²) >= 11 is 0. The number of rotatable bonds is 6. The van der Waals surface area contributed by atoms with Gasteiger partial charge in [-0.25, -0.2) is 9.97 Å². The summed E-state index contributed by atoms with van der Waals surface area (Å²) in [7, 11) is 5.56. The van der Waals surface area contributed by atoms with Gasteiger partial charge in [0.15, 0.2) is 0 Å². The molecule has 20 heavy (non-hydrogen) atoms. The Bertz CT molecular complexity index is 525. The Hall–Kier alpha value is -2.14. The number of aromatic nitrogens is 2. The number of benzene rings is 1. The van der Waals surface area contributed by atoms with E-state index < -0.39 is 0 Å². The summed E-state index contributed by atoms with van der Waals surface area (Å²) in [6.45, 7) is 1.54. The third kappa shape index (κ3) is 3.68. The zero-order chi connectivity index (χ0) is 14.4. The molecule has 0 aliphatic heterocycles. The van der Waals surface area contributed by atoms with Gasteiger partial charge in [0.2, 0.25) is 5.95 Å². The maximum Gasteiger partial charge on any atom is 0.225 e. The first-order chi connectivity index (χ1) is 9.72. The summed E-state index contributed by atoms with van der Waals surface area (Å²) in [5.74, 6) is 1.59. The van der Waals surface area contributed by atoms with Crippen LogP contribution in [-0.2, 0) is 13.1 Å². The molecule has 1 aromatic carbocycles. The predicted molar refractivity (Wildman–Crippen MR) is 79.9 cm³/mol. The van der Waals surface area contributed by atoms with Crippen LogP contribution in [0.15, 0.2) is 36.7 Å². The standard InChI is InChI=1S/C15H20N4O/c1-16-8-13-9-17-15(18-10-13)19(2)11-12-4-6-14(20-3)7-5-12/h4-7,9-10,16H,8,11H2,1-3H3. The van der Waals surface area contributed by atoms with Gasteiger partial charge in [0, 0.05) is 38.1 Å². The van der Waals surface area contributed by atoms with Crippen molar-refractivity contribution in [2.45, 2.75) is 13.1 Å². The molecule has 0 aliphatic rings. The summed E-state index contributed by atoms with van der Waals surface area (Å²) in [6, 6.07) is 8.01. The molecule has 2 rings (SSSR count). The van der Waals surface area contributed by atoms with E-state index in [4.69, 9.17) is 4.74 Å². The first-order valence-electron chi connectivity index (χ1n) is 6.52. The highest BCUT2D eigenvalue weighted by atomic mass is 16.5. The zero-order valence-electron chi connectivity index (χ0n) is 12.1. The van der Waals surface area contributed by atoms with Crippen molar-refractivity contribution in [3.05, 3.63) is 47.8 Å². The van der Waals surface area contributed by atoms with Gasteiger partial charge < -0.3 is 15.0 Å². The topological polar surface area (TPSA) is 50.3 Å². The largest absolute Gasteiger partial charge is 0.497 e. The van der Waals surface area contributed by atoms with Gasteiger partial charge in [0.25, 0.3) is 0 Å². The van der Waals surface area contributed by atoms with Crippen molar-refractivity contribution in [2.24, 2.45) is 0 Å². The highest BCUT2D eigenvalue weighted by molar-refractivity contribution is 5.33. The molecule has 0 aliphatic carbocycles. The Morgan fingerprint density at radius 1 is 1.10 bits per heavy atom. The number of ether oxygens (including phenoxy) is 1. The van der Waals surface area contributed by atoms with Gasteiger partial charge in [0.05, 0.1) is 7.11 Å². The van der Waals surface area contributed by atoms with Crippen LogP contribution in [-0.4, -0.2) is 31.2 Å². The van der Waals surface area contributed by atoms with Crippen molar-refractivity contribution in [1.29, 1.82) is 0 Å². The number of hydrogen-bond acceptors (Lipinski definition) is 5. The van der Waals surface area contributed by atoms with Crippen LogP contribution in [0.1, 0.15) is 11.1 Å². The molecule has 0 saturated heterocycles. The number of anilines is 1. The van der Waals surface area contributed by atoms with Crippen molar-refractivity contribution in [3.8, 4) is 5.75 Å². The fourth-order valence-corrected chi connectivity index (χ4v) is 1.92. The highest BCUT2D eigenvalue weighted by Crippen LogP contribution is 2.14. The van der Waals surface area contributed by atoms with Crippen molar-refractivity contribution in [3.63, 3.8) is 0 Å². The van der Waals surface area contributed by atoms with E-state index in [2.05, 4.69) is 15.3 Å². The van der Waals surface area contributed by atoms with E-state index in [1.165, 1.54) is 5.56 Å². The molecule has 106 valence electrons. The normalized spacial score (nSPS) is 10.3. The lowest BCUT2D eigenvalue weighted by molar-refractivity contribution is 0.414. The van der Waals surface area contributed by atoms with Crippen LogP contribution >= 0.6 is 0 Å². The molecule has 5 nitrogen and oxygen atoms in total. The van der Waals surface area contributed by atoms with Gasteiger partial charge in [-0.05, 0) is 24.7 Å². The van der Waals surface area contributed by atoms with Gasteiger partial charge in [-0.3, -0.25) is 0 Å². The average Bonchev–Trinajstić information content (AvgIpc) is 2.49. The molecule has 0 unspecified atom stereocenters. The quantitative estimate of drug-likeness (QED) is 0.869. The molecule has 0 atom stereocenters. The molecule has 1 heterocycles. The number of nitrogens with zero attached hydrogens (tertiary/aromatic N) is 3. The van der Waals surface area contributed by atoms with E-state index in [-0.39, 0.29) is 0 Å². The minimum Gasteiger partial charge on any atom is -0.497 e. The molecule has 2 aromatic rings. The van der Waals surface area contributed by atoms with E-state index in [9.17, 15) is 0 Å². The predicted octanol–water partition coefficient (Wildman–Crippen LogP) is 1.84. The molecule has 0 amide bonds. The van der Waals surface area contributed by atoms with Gasteiger partial charge in [-0.1, -0.05) is 12.1 Å². The Morgan fingerprint density at radius 2 is 1.75 bits per heavy atom.